The molecular formula is C39H69O8P. The zero-order valence-corrected chi connectivity index (χ0v) is 31.3. The van der Waals surface area contributed by atoms with Crippen molar-refractivity contribution < 1.29 is 37.9 Å². The Morgan fingerprint density at radius 1 is 0.542 bits per heavy atom. The molecule has 0 aliphatic rings. The first-order valence-electron chi connectivity index (χ1n) is 18.9. The van der Waals surface area contributed by atoms with Gasteiger partial charge in [-0.2, -0.15) is 0 Å². The van der Waals surface area contributed by atoms with Crippen LogP contribution in [0.3, 0.4) is 0 Å². The summed E-state index contributed by atoms with van der Waals surface area (Å²) in [5.74, 6) is -0.932. The van der Waals surface area contributed by atoms with Gasteiger partial charge in [0.2, 0.25) is 0 Å². The lowest BCUT2D eigenvalue weighted by atomic mass is 10.1. The molecule has 0 bridgehead atoms. The number of ether oxygens (including phenoxy) is 2. The van der Waals surface area contributed by atoms with Crippen LogP contribution in [-0.4, -0.2) is 41.0 Å². The van der Waals surface area contributed by atoms with Crippen molar-refractivity contribution in [2.45, 2.75) is 174 Å². The minimum Gasteiger partial charge on any atom is -0.462 e. The number of phosphoric acid groups is 1. The Bertz CT molecular complexity index is 921. The van der Waals surface area contributed by atoms with E-state index >= 15 is 0 Å². The average molecular weight is 697 g/mol. The Hall–Kier alpha value is -1.99. The second-order valence-electron chi connectivity index (χ2n) is 12.5. The summed E-state index contributed by atoms with van der Waals surface area (Å²) in [5.41, 5.74) is 0. The van der Waals surface area contributed by atoms with Gasteiger partial charge in [-0.25, -0.2) is 4.57 Å². The predicted molar refractivity (Wildman–Crippen MR) is 198 cm³/mol. The number of hydrogen-bond acceptors (Lipinski definition) is 6. The molecule has 0 saturated carbocycles. The SMILES string of the molecule is CCCCC/C=C/C/C=C/C/C=C/CCCCCCC(=O)OC[C@H](COP(=O)(O)O)OC(=O)CCCCC/C=C/CCCCCCCC. The van der Waals surface area contributed by atoms with Gasteiger partial charge < -0.3 is 19.3 Å². The summed E-state index contributed by atoms with van der Waals surface area (Å²) in [4.78, 5) is 42.7. The highest BCUT2D eigenvalue weighted by atomic mass is 31.2. The molecule has 0 rings (SSSR count). The van der Waals surface area contributed by atoms with E-state index in [2.05, 4.69) is 67.0 Å². The van der Waals surface area contributed by atoms with Crippen molar-refractivity contribution in [3.05, 3.63) is 48.6 Å². The molecule has 0 amide bonds. The maximum absolute atomic E-state index is 12.3. The fourth-order valence-corrected chi connectivity index (χ4v) is 5.32. The number of hydrogen-bond donors (Lipinski definition) is 2. The maximum Gasteiger partial charge on any atom is 0.469 e. The van der Waals surface area contributed by atoms with Crippen LogP contribution in [-0.2, 0) is 28.2 Å². The Balaban J connectivity index is 4.04. The minimum atomic E-state index is -4.76. The Kier molecular flexibility index (Phi) is 33.4. The number of allylic oxidation sites excluding steroid dienone is 8. The zero-order valence-electron chi connectivity index (χ0n) is 30.4. The summed E-state index contributed by atoms with van der Waals surface area (Å²) in [6, 6.07) is 0. The molecule has 0 radical (unpaired) electrons. The molecule has 0 fully saturated rings. The largest absolute Gasteiger partial charge is 0.469 e. The van der Waals surface area contributed by atoms with Crippen LogP contribution in [0.15, 0.2) is 48.6 Å². The van der Waals surface area contributed by atoms with Crippen molar-refractivity contribution in [2.24, 2.45) is 0 Å². The summed E-state index contributed by atoms with van der Waals surface area (Å²) in [5, 5.41) is 0. The van der Waals surface area contributed by atoms with Crippen molar-refractivity contribution in [1.82, 2.24) is 0 Å². The fourth-order valence-electron chi connectivity index (χ4n) is 4.96. The van der Waals surface area contributed by atoms with Crippen molar-refractivity contribution >= 4 is 19.8 Å². The number of rotatable bonds is 34. The molecule has 278 valence electrons. The van der Waals surface area contributed by atoms with Gasteiger partial charge in [-0.05, 0) is 77.0 Å². The molecule has 0 aliphatic carbocycles. The zero-order chi connectivity index (χ0) is 35.4. The van der Waals surface area contributed by atoms with Gasteiger partial charge in [-0.3, -0.25) is 14.1 Å². The predicted octanol–water partition coefficient (Wildman–Crippen LogP) is 11.2. The molecule has 0 aromatic carbocycles. The van der Waals surface area contributed by atoms with Crippen LogP contribution in [0.5, 0.6) is 0 Å². The van der Waals surface area contributed by atoms with Crippen LogP contribution in [0.4, 0.5) is 0 Å². The molecule has 8 nitrogen and oxygen atoms in total. The summed E-state index contributed by atoms with van der Waals surface area (Å²) in [6.07, 6.45) is 41.1. The Morgan fingerprint density at radius 2 is 0.938 bits per heavy atom. The second kappa shape index (κ2) is 34.9. The topological polar surface area (TPSA) is 119 Å². The smallest absolute Gasteiger partial charge is 0.462 e. The molecule has 0 heterocycles. The fraction of sp³-hybridized carbons (Fsp3) is 0.744. The van der Waals surface area contributed by atoms with E-state index in [0.717, 1.165) is 64.2 Å². The monoisotopic (exact) mass is 696 g/mol. The van der Waals surface area contributed by atoms with E-state index in [9.17, 15) is 14.2 Å². The van der Waals surface area contributed by atoms with Gasteiger partial charge in [0.25, 0.3) is 0 Å². The van der Waals surface area contributed by atoms with Crippen LogP contribution in [0, 0.1) is 0 Å². The Morgan fingerprint density at radius 3 is 1.48 bits per heavy atom. The summed E-state index contributed by atoms with van der Waals surface area (Å²) in [6.45, 7) is 3.60. The van der Waals surface area contributed by atoms with Gasteiger partial charge in [0.1, 0.15) is 6.61 Å². The number of carbonyl (C=O) groups is 2. The van der Waals surface area contributed by atoms with Crippen LogP contribution < -0.4 is 0 Å². The van der Waals surface area contributed by atoms with Crippen molar-refractivity contribution in [2.75, 3.05) is 13.2 Å². The molecule has 0 spiro atoms. The van der Waals surface area contributed by atoms with Crippen molar-refractivity contribution in [3.8, 4) is 0 Å². The normalized spacial score (nSPS) is 13.0. The highest BCUT2D eigenvalue weighted by Crippen LogP contribution is 2.36. The second-order valence-corrected chi connectivity index (χ2v) is 13.8. The van der Waals surface area contributed by atoms with Crippen molar-refractivity contribution in [3.63, 3.8) is 0 Å². The molecule has 1 atom stereocenters. The molecule has 9 heteroatoms. The third kappa shape index (κ3) is 36.8. The summed E-state index contributed by atoms with van der Waals surface area (Å²) >= 11 is 0. The van der Waals surface area contributed by atoms with Crippen LogP contribution in [0.2, 0.25) is 0 Å². The van der Waals surface area contributed by atoms with Gasteiger partial charge in [-0.1, -0.05) is 127 Å². The lowest BCUT2D eigenvalue weighted by molar-refractivity contribution is -0.161. The maximum atomic E-state index is 12.3. The van der Waals surface area contributed by atoms with Crippen LogP contribution >= 0.6 is 7.82 Å². The number of esters is 2. The first-order chi connectivity index (χ1) is 23.3. The highest BCUT2D eigenvalue weighted by Gasteiger charge is 2.22. The lowest BCUT2D eigenvalue weighted by Crippen LogP contribution is -2.29. The van der Waals surface area contributed by atoms with Crippen molar-refractivity contribution in [1.29, 1.82) is 0 Å². The van der Waals surface area contributed by atoms with E-state index in [1.807, 2.05) is 0 Å². The van der Waals surface area contributed by atoms with Gasteiger partial charge >= 0.3 is 19.8 Å². The van der Waals surface area contributed by atoms with Crippen LogP contribution in [0.1, 0.15) is 168 Å². The third-order valence-corrected chi connectivity index (χ3v) is 8.31. The molecular weight excluding hydrogens is 627 g/mol. The van der Waals surface area contributed by atoms with E-state index < -0.39 is 32.5 Å². The van der Waals surface area contributed by atoms with Gasteiger partial charge in [0.15, 0.2) is 6.10 Å². The molecule has 0 aromatic heterocycles. The first kappa shape index (κ1) is 46.0. The number of unbranched alkanes of at least 4 members (excludes halogenated alkanes) is 16. The summed E-state index contributed by atoms with van der Waals surface area (Å²) in [7, 11) is -4.76. The Labute approximate surface area is 293 Å². The number of carbonyl (C=O) groups excluding carboxylic acids is 2. The van der Waals surface area contributed by atoms with Gasteiger partial charge in [0, 0.05) is 12.8 Å². The molecule has 0 aromatic rings. The highest BCUT2D eigenvalue weighted by molar-refractivity contribution is 7.46. The summed E-state index contributed by atoms with van der Waals surface area (Å²) < 4.78 is 26.3. The standard InChI is InChI=1S/C39H69O8P/c1-3-5-7-9-11-13-15-17-18-19-20-22-23-25-27-29-31-33-38(40)45-35-37(36-46-48(42,43)44)47-39(41)34-32-30-28-26-24-21-16-14-12-10-8-6-4-2/h11,13,17-18,20-22,24,37H,3-10,12,14-16,19,23,25-36H2,1-2H3,(H2,42,43,44)/b13-11+,18-17+,22-20+,24-21+/t37-/m1/s1. The van der Waals surface area contributed by atoms with E-state index in [1.165, 1.54) is 64.2 Å². The molecule has 0 saturated heterocycles. The average Bonchev–Trinajstić information content (AvgIpc) is 3.05. The van der Waals surface area contributed by atoms with E-state index in [1.54, 1.807) is 0 Å². The van der Waals surface area contributed by atoms with E-state index in [4.69, 9.17) is 19.3 Å². The first-order valence-corrected chi connectivity index (χ1v) is 20.5. The van der Waals surface area contributed by atoms with E-state index in [-0.39, 0.29) is 19.4 Å². The van der Waals surface area contributed by atoms with Gasteiger partial charge in [0.05, 0.1) is 6.61 Å². The quantitative estimate of drug-likeness (QED) is 0.0295. The lowest BCUT2D eigenvalue weighted by Gasteiger charge is -2.18. The molecule has 48 heavy (non-hydrogen) atoms. The molecule has 0 aliphatic heterocycles. The third-order valence-electron chi connectivity index (χ3n) is 7.82. The minimum absolute atomic E-state index is 0.185. The molecule has 2 N–H and O–H groups in total. The van der Waals surface area contributed by atoms with Gasteiger partial charge in [-0.15, -0.1) is 0 Å². The van der Waals surface area contributed by atoms with Crippen LogP contribution in [0.25, 0.3) is 0 Å². The van der Waals surface area contributed by atoms with E-state index in [0.29, 0.717) is 12.8 Å². The number of phosphoric ester groups is 1. The molecule has 0 unspecified atom stereocenters.